The van der Waals surface area contributed by atoms with Gasteiger partial charge in [-0.1, -0.05) is 31.9 Å². The number of hydrogen-bond donors (Lipinski definition) is 1. The molecule has 0 saturated carbocycles. The average molecular weight is 270 g/mol. The van der Waals surface area contributed by atoms with E-state index >= 15 is 0 Å². The molecule has 0 radical (unpaired) electrons. The van der Waals surface area contributed by atoms with E-state index in [1.54, 1.807) is 0 Å². The summed E-state index contributed by atoms with van der Waals surface area (Å²) in [6.07, 6.45) is 3.48. The first-order valence-corrected chi connectivity index (χ1v) is 7.10. The Hall–Kier alpha value is -0.730. The highest BCUT2D eigenvalue weighted by atomic mass is 35.5. The summed E-state index contributed by atoms with van der Waals surface area (Å²) in [6.45, 7) is 6.36. The molecule has 0 saturated heterocycles. The van der Waals surface area contributed by atoms with Gasteiger partial charge in [0.25, 0.3) is 0 Å². The fourth-order valence-electron chi connectivity index (χ4n) is 2.14. The van der Waals surface area contributed by atoms with Gasteiger partial charge in [0.1, 0.15) is 11.9 Å². The Morgan fingerprint density at radius 1 is 1.33 bits per heavy atom. The van der Waals surface area contributed by atoms with Crippen LogP contribution in [0, 0.1) is 6.92 Å². The van der Waals surface area contributed by atoms with Crippen LogP contribution in [0.2, 0.25) is 5.02 Å². The molecule has 2 unspecified atom stereocenters. The number of likely N-dealkylation sites (N-methyl/N-ethyl adjacent to an activating group) is 1. The van der Waals surface area contributed by atoms with Gasteiger partial charge in [0, 0.05) is 11.1 Å². The molecule has 0 aliphatic rings. The van der Waals surface area contributed by atoms with Crippen molar-refractivity contribution < 1.29 is 4.74 Å². The molecule has 0 spiro atoms. The smallest absolute Gasteiger partial charge is 0.120 e. The van der Waals surface area contributed by atoms with Crippen LogP contribution in [-0.4, -0.2) is 19.2 Å². The number of hydrogen-bond acceptors (Lipinski definition) is 2. The zero-order valence-electron chi connectivity index (χ0n) is 11.8. The third-order valence-electron chi connectivity index (χ3n) is 3.24. The van der Waals surface area contributed by atoms with E-state index in [9.17, 15) is 0 Å². The van der Waals surface area contributed by atoms with Crippen LogP contribution in [0.15, 0.2) is 18.2 Å². The van der Waals surface area contributed by atoms with E-state index in [4.69, 9.17) is 16.3 Å². The Morgan fingerprint density at radius 2 is 2.06 bits per heavy atom. The van der Waals surface area contributed by atoms with E-state index in [1.807, 2.05) is 32.2 Å². The Bertz CT molecular complexity index is 368. The highest BCUT2D eigenvalue weighted by Gasteiger charge is 2.19. The lowest BCUT2D eigenvalue weighted by Gasteiger charge is -2.26. The average Bonchev–Trinajstić information content (AvgIpc) is 2.37. The Balaban J connectivity index is 2.74. The van der Waals surface area contributed by atoms with E-state index < -0.39 is 0 Å². The minimum atomic E-state index is 0.204. The van der Waals surface area contributed by atoms with Gasteiger partial charge in [0.05, 0.1) is 0 Å². The van der Waals surface area contributed by atoms with E-state index in [1.165, 1.54) is 0 Å². The van der Waals surface area contributed by atoms with Crippen LogP contribution in [0.1, 0.15) is 38.7 Å². The molecule has 102 valence electrons. The van der Waals surface area contributed by atoms with Gasteiger partial charge in [-0.05, 0) is 50.6 Å². The lowest BCUT2D eigenvalue weighted by atomic mass is 10.0. The second-order valence-electron chi connectivity index (χ2n) is 4.66. The molecular formula is C15H24ClNO. The normalized spacial score (nSPS) is 14.3. The third kappa shape index (κ3) is 4.18. The number of nitrogens with one attached hydrogen (secondary N) is 1. The zero-order chi connectivity index (χ0) is 13.5. The van der Waals surface area contributed by atoms with E-state index in [0.29, 0.717) is 6.04 Å². The Labute approximate surface area is 116 Å². The predicted octanol–water partition coefficient (Wildman–Crippen LogP) is 4.19. The van der Waals surface area contributed by atoms with Crippen molar-refractivity contribution in [2.24, 2.45) is 0 Å². The molecule has 0 aromatic heterocycles. The molecule has 0 amide bonds. The van der Waals surface area contributed by atoms with Crippen molar-refractivity contribution in [1.82, 2.24) is 5.32 Å². The van der Waals surface area contributed by atoms with Crippen molar-refractivity contribution in [3.8, 4) is 5.75 Å². The molecule has 1 N–H and O–H groups in total. The van der Waals surface area contributed by atoms with Gasteiger partial charge in [-0.3, -0.25) is 0 Å². The fourth-order valence-corrected chi connectivity index (χ4v) is 2.26. The zero-order valence-corrected chi connectivity index (χ0v) is 12.6. The van der Waals surface area contributed by atoms with Crippen molar-refractivity contribution in [3.05, 3.63) is 28.8 Å². The molecule has 2 nitrogen and oxygen atoms in total. The standard InChI is InChI=1S/C15H24ClNO/c1-5-7-14(17-4)15(6-2)18-12-8-9-13(16)11(3)10-12/h8-10,14-15,17H,5-7H2,1-4H3. The summed E-state index contributed by atoms with van der Waals surface area (Å²) in [4.78, 5) is 0. The first-order valence-electron chi connectivity index (χ1n) is 6.72. The fraction of sp³-hybridized carbons (Fsp3) is 0.600. The molecule has 3 heteroatoms. The highest BCUT2D eigenvalue weighted by Crippen LogP contribution is 2.23. The molecule has 0 heterocycles. The summed E-state index contributed by atoms with van der Waals surface area (Å²) in [5, 5.41) is 4.14. The third-order valence-corrected chi connectivity index (χ3v) is 3.66. The minimum absolute atomic E-state index is 0.204. The maximum Gasteiger partial charge on any atom is 0.120 e. The molecule has 0 aliphatic heterocycles. The van der Waals surface area contributed by atoms with Crippen molar-refractivity contribution in [2.75, 3.05) is 7.05 Å². The topological polar surface area (TPSA) is 21.3 Å². The molecule has 1 aromatic carbocycles. The maximum absolute atomic E-state index is 6.08. The Kier molecular flexibility index (Phi) is 6.51. The van der Waals surface area contributed by atoms with Crippen LogP contribution in [0.4, 0.5) is 0 Å². The van der Waals surface area contributed by atoms with Crippen LogP contribution in [0.25, 0.3) is 0 Å². The highest BCUT2D eigenvalue weighted by molar-refractivity contribution is 6.31. The summed E-state index contributed by atoms with van der Waals surface area (Å²) in [5.41, 5.74) is 1.06. The summed E-state index contributed by atoms with van der Waals surface area (Å²) >= 11 is 6.02. The minimum Gasteiger partial charge on any atom is -0.489 e. The molecule has 0 bridgehead atoms. The van der Waals surface area contributed by atoms with Crippen LogP contribution in [-0.2, 0) is 0 Å². The van der Waals surface area contributed by atoms with Crippen molar-refractivity contribution in [1.29, 1.82) is 0 Å². The monoisotopic (exact) mass is 269 g/mol. The van der Waals surface area contributed by atoms with Gasteiger partial charge in [-0.25, -0.2) is 0 Å². The maximum atomic E-state index is 6.08. The number of halogens is 1. The number of benzene rings is 1. The predicted molar refractivity (Wildman–Crippen MR) is 78.7 cm³/mol. The van der Waals surface area contributed by atoms with Crippen LogP contribution >= 0.6 is 11.6 Å². The van der Waals surface area contributed by atoms with E-state index in [2.05, 4.69) is 19.2 Å². The molecule has 18 heavy (non-hydrogen) atoms. The molecule has 2 atom stereocenters. The summed E-state index contributed by atoms with van der Waals surface area (Å²) in [5.74, 6) is 0.903. The van der Waals surface area contributed by atoms with Gasteiger partial charge in [-0.15, -0.1) is 0 Å². The van der Waals surface area contributed by atoms with Crippen molar-refractivity contribution in [3.63, 3.8) is 0 Å². The first-order chi connectivity index (χ1) is 8.62. The molecule has 1 aromatic rings. The van der Waals surface area contributed by atoms with Gasteiger partial charge >= 0.3 is 0 Å². The summed E-state index contributed by atoms with van der Waals surface area (Å²) in [6, 6.07) is 6.24. The van der Waals surface area contributed by atoms with Crippen LogP contribution in [0.5, 0.6) is 5.75 Å². The van der Waals surface area contributed by atoms with Crippen molar-refractivity contribution in [2.45, 2.75) is 52.2 Å². The Morgan fingerprint density at radius 3 is 2.56 bits per heavy atom. The number of ether oxygens (including phenoxy) is 1. The largest absolute Gasteiger partial charge is 0.489 e. The second-order valence-corrected chi connectivity index (χ2v) is 5.07. The van der Waals surface area contributed by atoms with E-state index in [0.717, 1.165) is 35.6 Å². The first kappa shape index (κ1) is 15.3. The van der Waals surface area contributed by atoms with Gasteiger partial charge in [0.15, 0.2) is 0 Å². The van der Waals surface area contributed by atoms with Gasteiger partial charge in [-0.2, -0.15) is 0 Å². The van der Waals surface area contributed by atoms with Gasteiger partial charge < -0.3 is 10.1 Å². The molecular weight excluding hydrogens is 246 g/mol. The molecule has 1 rings (SSSR count). The molecule has 0 fully saturated rings. The van der Waals surface area contributed by atoms with Crippen molar-refractivity contribution >= 4 is 11.6 Å². The second kappa shape index (κ2) is 7.65. The van der Waals surface area contributed by atoms with E-state index in [-0.39, 0.29) is 6.10 Å². The summed E-state index contributed by atoms with van der Waals surface area (Å²) < 4.78 is 6.08. The number of aryl methyl sites for hydroxylation is 1. The van der Waals surface area contributed by atoms with Crippen LogP contribution < -0.4 is 10.1 Å². The van der Waals surface area contributed by atoms with Gasteiger partial charge in [0.2, 0.25) is 0 Å². The SMILES string of the molecule is CCCC(NC)C(CC)Oc1ccc(Cl)c(C)c1. The number of rotatable bonds is 7. The quantitative estimate of drug-likeness (QED) is 0.801. The molecule has 0 aliphatic carbocycles. The van der Waals surface area contributed by atoms with Crippen LogP contribution in [0.3, 0.4) is 0 Å². The lowest BCUT2D eigenvalue weighted by molar-refractivity contribution is 0.146. The summed E-state index contributed by atoms with van der Waals surface area (Å²) in [7, 11) is 2.00. The lowest BCUT2D eigenvalue weighted by Crippen LogP contribution is -2.40.